The first-order valence-corrected chi connectivity index (χ1v) is 5.08. The van der Waals surface area contributed by atoms with Crippen LogP contribution in [-0.2, 0) is 4.74 Å². The summed E-state index contributed by atoms with van der Waals surface area (Å²) >= 11 is 5.64. The van der Waals surface area contributed by atoms with Crippen LogP contribution >= 0.6 is 11.6 Å². The lowest BCUT2D eigenvalue weighted by atomic mass is 10.2. The van der Waals surface area contributed by atoms with Gasteiger partial charge in [0, 0.05) is 6.07 Å². The van der Waals surface area contributed by atoms with Crippen LogP contribution in [0, 0.1) is 0 Å². The van der Waals surface area contributed by atoms with E-state index in [1.165, 1.54) is 7.11 Å². The Balaban J connectivity index is 3.32. The van der Waals surface area contributed by atoms with Crippen molar-refractivity contribution in [2.45, 2.75) is 13.3 Å². The fraction of sp³-hybridized carbons (Fsp3) is 0.400. The third kappa shape index (κ3) is 3.03. The normalized spacial score (nSPS) is 10.5. The summed E-state index contributed by atoms with van der Waals surface area (Å²) in [6.07, 6.45) is -2.92. The van der Waals surface area contributed by atoms with Gasteiger partial charge < -0.3 is 9.47 Å². The third-order valence-corrected chi connectivity index (χ3v) is 2.19. The second-order valence-corrected chi connectivity index (χ2v) is 3.34. The summed E-state index contributed by atoms with van der Waals surface area (Å²) in [4.78, 5) is 15.1. The zero-order valence-corrected chi connectivity index (χ0v) is 9.92. The highest BCUT2D eigenvalue weighted by Gasteiger charge is 2.25. The molecule has 0 aliphatic heterocycles. The maximum absolute atomic E-state index is 12.8. The van der Waals surface area contributed by atoms with Crippen LogP contribution in [0.15, 0.2) is 6.07 Å². The van der Waals surface area contributed by atoms with E-state index in [1.54, 1.807) is 6.92 Å². The second kappa shape index (κ2) is 5.77. The number of halogens is 3. The molecule has 0 N–H and O–H groups in total. The highest BCUT2D eigenvalue weighted by molar-refractivity contribution is 6.32. The van der Waals surface area contributed by atoms with Crippen LogP contribution in [0.4, 0.5) is 8.78 Å². The van der Waals surface area contributed by atoms with Gasteiger partial charge in [0.25, 0.3) is 6.43 Å². The molecule has 0 fully saturated rings. The first kappa shape index (κ1) is 13.6. The van der Waals surface area contributed by atoms with Gasteiger partial charge in [-0.15, -0.1) is 0 Å². The fourth-order valence-corrected chi connectivity index (χ4v) is 1.43. The SMILES string of the molecule is CCOC(=O)c1nc(OC)cc(Cl)c1C(F)F. The average Bonchev–Trinajstić information content (AvgIpc) is 2.27. The van der Waals surface area contributed by atoms with Gasteiger partial charge in [-0.05, 0) is 6.92 Å². The van der Waals surface area contributed by atoms with E-state index < -0.39 is 23.7 Å². The molecule has 94 valence electrons. The van der Waals surface area contributed by atoms with Gasteiger partial charge >= 0.3 is 5.97 Å². The van der Waals surface area contributed by atoms with Crippen molar-refractivity contribution < 1.29 is 23.0 Å². The maximum Gasteiger partial charge on any atom is 0.357 e. The molecule has 0 saturated carbocycles. The molecule has 0 amide bonds. The van der Waals surface area contributed by atoms with Crippen LogP contribution in [0.1, 0.15) is 29.4 Å². The number of pyridine rings is 1. The van der Waals surface area contributed by atoms with E-state index in [4.69, 9.17) is 16.3 Å². The number of carbonyl (C=O) groups is 1. The number of methoxy groups -OCH3 is 1. The van der Waals surface area contributed by atoms with Crippen molar-refractivity contribution in [3.8, 4) is 5.88 Å². The lowest BCUT2D eigenvalue weighted by Crippen LogP contribution is -2.12. The summed E-state index contributed by atoms with van der Waals surface area (Å²) < 4.78 is 34.9. The molecule has 17 heavy (non-hydrogen) atoms. The van der Waals surface area contributed by atoms with Crippen LogP contribution in [0.25, 0.3) is 0 Å². The molecule has 0 unspecified atom stereocenters. The molecule has 0 spiro atoms. The Labute approximate surface area is 101 Å². The van der Waals surface area contributed by atoms with Gasteiger partial charge in [-0.25, -0.2) is 18.6 Å². The van der Waals surface area contributed by atoms with Gasteiger partial charge in [0.05, 0.1) is 24.3 Å². The first-order valence-electron chi connectivity index (χ1n) is 4.71. The number of hydrogen-bond donors (Lipinski definition) is 0. The highest BCUT2D eigenvalue weighted by atomic mass is 35.5. The van der Waals surface area contributed by atoms with Crippen LogP contribution in [0.2, 0.25) is 5.02 Å². The standard InChI is InChI=1S/C10H10ClF2NO3/c1-3-17-10(15)8-7(9(12)13)5(11)4-6(14-8)16-2/h4,9H,3H2,1-2H3. The number of aromatic nitrogens is 1. The van der Waals surface area contributed by atoms with Gasteiger partial charge in [-0.3, -0.25) is 0 Å². The van der Waals surface area contributed by atoms with E-state index >= 15 is 0 Å². The second-order valence-electron chi connectivity index (χ2n) is 2.93. The minimum Gasteiger partial charge on any atom is -0.481 e. The Morgan fingerprint density at radius 1 is 1.59 bits per heavy atom. The van der Waals surface area contributed by atoms with Crippen molar-refractivity contribution in [3.05, 3.63) is 22.3 Å². The van der Waals surface area contributed by atoms with Gasteiger partial charge in [-0.1, -0.05) is 11.6 Å². The van der Waals surface area contributed by atoms with Crippen LogP contribution in [0.3, 0.4) is 0 Å². The van der Waals surface area contributed by atoms with Gasteiger partial charge in [-0.2, -0.15) is 0 Å². The minimum absolute atomic E-state index is 0.0255. The predicted molar refractivity (Wildman–Crippen MR) is 56.7 cm³/mol. The Bertz CT molecular complexity index is 426. The average molecular weight is 266 g/mol. The molecule has 0 saturated heterocycles. The van der Waals surface area contributed by atoms with Crippen molar-refractivity contribution in [2.75, 3.05) is 13.7 Å². The summed E-state index contributed by atoms with van der Waals surface area (Å²) in [6, 6.07) is 1.12. The molecule has 0 aliphatic rings. The molecule has 0 aliphatic carbocycles. The number of alkyl halides is 2. The topological polar surface area (TPSA) is 48.4 Å². The van der Waals surface area contributed by atoms with Crippen molar-refractivity contribution in [1.29, 1.82) is 0 Å². The lowest BCUT2D eigenvalue weighted by molar-refractivity contribution is 0.0506. The van der Waals surface area contributed by atoms with Crippen molar-refractivity contribution in [1.82, 2.24) is 4.98 Å². The molecule has 1 aromatic rings. The summed E-state index contributed by atoms with van der Waals surface area (Å²) in [5.74, 6) is -0.981. The van der Waals surface area contributed by atoms with E-state index in [-0.39, 0.29) is 17.5 Å². The molecule has 0 atom stereocenters. The number of esters is 1. The largest absolute Gasteiger partial charge is 0.481 e. The number of carbonyl (C=O) groups excluding carboxylic acids is 1. The Hall–Kier alpha value is -1.43. The zero-order valence-electron chi connectivity index (χ0n) is 9.17. The molecule has 0 radical (unpaired) electrons. The molecule has 0 bridgehead atoms. The van der Waals surface area contributed by atoms with Crippen molar-refractivity contribution in [2.24, 2.45) is 0 Å². The number of hydrogen-bond acceptors (Lipinski definition) is 4. The highest BCUT2D eigenvalue weighted by Crippen LogP contribution is 2.32. The lowest BCUT2D eigenvalue weighted by Gasteiger charge is -2.10. The van der Waals surface area contributed by atoms with E-state index in [2.05, 4.69) is 9.72 Å². The molecule has 1 heterocycles. The zero-order chi connectivity index (χ0) is 13.0. The predicted octanol–water partition coefficient (Wildman–Crippen LogP) is 2.86. The quantitative estimate of drug-likeness (QED) is 0.786. The number of rotatable bonds is 4. The molecular weight excluding hydrogens is 256 g/mol. The molecule has 4 nitrogen and oxygen atoms in total. The summed E-state index contributed by atoms with van der Waals surface area (Å²) in [7, 11) is 1.29. The Kier molecular flexibility index (Phi) is 4.62. The molecular formula is C10H10ClF2NO3. The van der Waals surface area contributed by atoms with Gasteiger partial charge in [0.2, 0.25) is 5.88 Å². The van der Waals surface area contributed by atoms with E-state index in [0.29, 0.717) is 0 Å². The van der Waals surface area contributed by atoms with Crippen molar-refractivity contribution in [3.63, 3.8) is 0 Å². The minimum atomic E-state index is -2.92. The molecule has 1 rings (SSSR count). The smallest absolute Gasteiger partial charge is 0.357 e. The van der Waals surface area contributed by atoms with Gasteiger partial charge in [0.1, 0.15) is 0 Å². The van der Waals surface area contributed by atoms with Gasteiger partial charge in [0.15, 0.2) is 5.69 Å². The monoisotopic (exact) mass is 265 g/mol. The van der Waals surface area contributed by atoms with E-state index in [0.717, 1.165) is 6.07 Å². The summed E-state index contributed by atoms with van der Waals surface area (Å²) in [5, 5.41) is -0.282. The van der Waals surface area contributed by atoms with Crippen LogP contribution < -0.4 is 4.74 Å². The Morgan fingerprint density at radius 3 is 2.71 bits per heavy atom. The number of nitrogens with zero attached hydrogens (tertiary/aromatic N) is 1. The third-order valence-electron chi connectivity index (χ3n) is 1.88. The molecule has 1 aromatic heterocycles. The molecule has 0 aromatic carbocycles. The van der Waals surface area contributed by atoms with Crippen molar-refractivity contribution >= 4 is 17.6 Å². The van der Waals surface area contributed by atoms with E-state index in [1.807, 2.05) is 0 Å². The van der Waals surface area contributed by atoms with Crippen LogP contribution in [-0.4, -0.2) is 24.7 Å². The van der Waals surface area contributed by atoms with E-state index in [9.17, 15) is 13.6 Å². The van der Waals surface area contributed by atoms with Crippen LogP contribution in [0.5, 0.6) is 5.88 Å². The maximum atomic E-state index is 12.8. The Morgan fingerprint density at radius 2 is 2.24 bits per heavy atom. The number of ether oxygens (including phenoxy) is 2. The molecule has 7 heteroatoms. The first-order chi connectivity index (χ1) is 8.01. The summed E-state index contributed by atoms with van der Waals surface area (Å²) in [6.45, 7) is 1.61. The summed E-state index contributed by atoms with van der Waals surface area (Å²) in [5.41, 5.74) is -1.17. The fourth-order valence-electron chi connectivity index (χ4n) is 1.17.